The van der Waals surface area contributed by atoms with Crippen molar-refractivity contribution < 1.29 is 12.8 Å². The van der Waals surface area contributed by atoms with Gasteiger partial charge in [0, 0.05) is 0 Å². The largest absolute Gasteiger partial charge is 0.419 e. The zero-order valence-corrected chi connectivity index (χ0v) is 14.3. The van der Waals surface area contributed by atoms with E-state index in [1.807, 2.05) is 6.92 Å². The second kappa shape index (κ2) is 6.72. The van der Waals surface area contributed by atoms with E-state index in [4.69, 9.17) is 16.0 Å². The molecule has 1 heterocycles. The number of hydrogen-bond donors (Lipinski definition) is 1. The van der Waals surface area contributed by atoms with Crippen LogP contribution in [0.4, 0.5) is 0 Å². The maximum absolute atomic E-state index is 12.2. The zero-order valence-electron chi connectivity index (χ0n) is 12.7. The highest BCUT2D eigenvalue weighted by atomic mass is 35.5. The zero-order chi connectivity index (χ0) is 17.2. The molecule has 0 bridgehead atoms. The van der Waals surface area contributed by atoms with Gasteiger partial charge in [-0.05, 0) is 31.2 Å². The Balaban J connectivity index is 1.74. The molecule has 0 aliphatic carbocycles. The smallest absolute Gasteiger partial charge is 0.249 e. The van der Waals surface area contributed by atoms with Crippen molar-refractivity contribution >= 4 is 21.6 Å². The fourth-order valence-corrected chi connectivity index (χ4v) is 3.22. The van der Waals surface area contributed by atoms with Crippen LogP contribution in [0.25, 0.3) is 11.5 Å². The normalized spacial score (nSPS) is 11.6. The molecule has 1 N–H and O–H groups in total. The first-order valence-corrected chi connectivity index (χ1v) is 8.95. The lowest BCUT2D eigenvalue weighted by atomic mass is 10.2. The molecule has 2 aromatic carbocycles. The second-order valence-electron chi connectivity index (χ2n) is 5.12. The van der Waals surface area contributed by atoms with Gasteiger partial charge in [-0.25, -0.2) is 13.1 Å². The molecular weight excluding hydrogens is 350 g/mol. The van der Waals surface area contributed by atoms with Crippen LogP contribution in [-0.4, -0.2) is 18.6 Å². The minimum absolute atomic E-state index is 0.104. The van der Waals surface area contributed by atoms with E-state index in [-0.39, 0.29) is 23.2 Å². The van der Waals surface area contributed by atoms with Gasteiger partial charge in [-0.1, -0.05) is 41.4 Å². The highest BCUT2D eigenvalue weighted by molar-refractivity contribution is 7.89. The molecule has 0 aliphatic rings. The summed E-state index contributed by atoms with van der Waals surface area (Å²) in [5.41, 5.74) is 1.58. The lowest BCUT2D eigenvalue weighted by Crippen LogP contribution is -2.23. The maximum Gasteiger partial charge on any atom is 0.249 e. The molecule has 0 amide bonds. The molecule has 3 aromatic rings. The monoisotopic (exact) mass is 363 g/mol. The van der Waals surface area contributed by atoms with Gasteiger partial charge in [0.15, 0.2) is 0 Å². The highest BCUT2D eigenvalue weighted by Crippen LogP contribution is 2.26. The minimum atomic E-state index is -3.64. The van der Waals surface area contributed by atoms with Crippen molar-refractivity contribution in [3.05, 3.63) is 65.0 Å². The van der Waals surface area contributed by atoms with Gasteiger partial charge < -0.3 is 4.42 Å². The van der Waals surface area contributed by atoms with Crippen LogP contribution in [0.5, 0.6) is 0 Å². The summed E-state index contributed by atoms with van der Waals surface area (Å²) in [6, 6.07) is 13.6. The van der Waals surface area contributed by atoms with Gasteiger partial charge in [0.1, 0.15) is 0 Å². The number of aryl methyl sites for hydroxylation is 1. The Hall–Kier alpha value is -2.22. The van der Waals surface area contributed by atoms with Gasteiger partial charge >= 0.3 is 0 Å². The first-order valence-electron chi connectivity index (χ1n) is 7.09. The van der Waals surface area contributed by atoms with E-state index in [0.717, 1.165) is 5.56 Å². The molecule has 24 heavy (non-hydrogen) atoms. The van der Waals surface area contributed by atoms with Crippen LogP contribution >= 0.6 is 11.6 Å². The van der Waals surface area contributed by atoms with Crippen molar-refractivity contribution in [2.75, 3.05) is 0 Å². The average Bonchev–Trinajstić information content (AvgIpc) is 3.03. The minimum Gasteiger partial charge on any atom is -0.419 e. The number of aromatic nitrogens is 2. The van der Waals surface area contributed by atoms with Crippen LogP contribution in [-0.2, 0) is 16.6 Å². The van der Waals surface area contributed by atoms with Gasteiger partial charge in [-0.3, -0.25) is 0 Å². The first-order chi connectivity index (χ1) is 11.5. The summed E-state index contributed by atoms with van der Waals surface area (Å²) in [6.07, 6.45) is 0. The average molecular weight is 364 g/mol. The molecule has 0 fully saturated rings. The molecule has 124 valence electrons. The van der Waals surface area contributed by atoms with Crippen molar-refractivity contribution in [2.24, 2.45) is 0 Å². The van der Waals surface area contributed by atoms with Crippen molar-refractivity contribution in [3.63, 3.8) is 0 Å². The lowest BCUT2D eigenvalue weighted by molar-refractivity contribution is 0.494. The van der Waals surface area contributed by atoms with Gasteiger partial charge in [0.25, 0.3) is 0 Å². The van der Waals surface area contributed by atoms with Crippen LogP contribution in [0.15, 0.2) is 57.8 Å². The van der Waals surface area contributed by atoms with E-state index in [0.29, 0.717) is 10.6 Å². The molecule has 0 unspecified atom stereocenters. The Morgan fingerprint density at radius 2 is 1.79 bits per heavy atom. The Morgan fingerprint density at radius 3 is 2.50 bits per heavy atom. The predicted molar refractivity (Wildman–Crippen MR) is 89.9 cm³/mol. The number of benzene rings is 2. The SMILES string of the molecule is Cc1ccc(S(=O)(=O)NCc2nnc(-c3ccccc3Cl)o2)cc1. The van der Waals surface area contributed by atoms with Crippen LogP contribution in [0.3, 0.4) is 0 Å². The highest BCUT2D eigenvalue weighted by Gasteiger charge is 2.16. The molecule has 0 saturated heterocycles. The number of sulfonamides is 1. The fraction of sp³-hybridized carbons (Fsp3) is 0.125. The van der Waals surface area contributed by atoms with Crippen molar-refractivity contribution in [3.8, 4) is 11.5 Å². The molecule has 0 saturated carbocycles. The van der Waals surface area contributed by atoms with Gasteiger partial charge in [0.05, 0.1) is 22.0 Å². The summed E-state index contributed by atoms with van der Waals surface area (Å²) in [5, 5.41) is 8.22. The second-order valence-corrected chi connectivity index (χ2v) is 7.29. The van der Waals surface area contributed by atoms with Crippen LogP contribution in [0.1, 0.15) is 11.5 Å². The molecular formula is C16H14ClN3O3S. The van der Waals surface area contributed by atoms with Crippen LogP contribution in [0, 0.1) is 6.92 Å². The van der Waals surface area contributed by atoms with Crippen molar-refractivity contribution in [2.45, 2.75) is 18.4 Å². The number of hydrogen-bond acceptors (Lipinski definition) is 5. The van der Waals surface area contributed by atoms with Crippen molar-refractivity contribution in [1.29, 1.82) is 0 Å². The number of nitrogens with zero attached hydrogens (tertiary/aromatic N) is 2. The van der Waals surface area contributed by atoms with Crippen molar-refractivity contribution in [1.82, 2.24) is 14.9 Å². The van der Waals surface area contributed by atoms with Gasteiger partial charge in [0.2, 0.25) is 21.8 Å². The van der Waals surface area contributed by atoms with E-state index >= 15 is 0 Å². The van der Waals surface area contributed by atoms with E-state index in [1.54, 1.807) is 48.5 Å². The number of nitrogens with one attached hydrogen (secondary N) is 1. The third-order valence-corrected chi connectivity index (χ3v) is 5.06. The summed E-state index contributed by atoms with van der Waals surface area (Å²) in [6.45, 7) is 1.78. The summed E-state index contributed by atoms with van der Waals surface area (Å²) in [5.74, 6) is 0.394. The lowest BCUT2D eigenvalue weighted by Gasteiger charge is -2.04. The molecule has 0 spiro atoms. The summed E-state index contributed by atoms with van der Waals surface area (Å²) >= 11 is 6.07. The Bertz CT molecular complexity index is 953. The summed E-state index contributed by atoms with van der Waals surface area (Å²) in [4.78, 5) is 0.180. The van der Waals surface area contributed by atoms with Crippen LogP contribution < -0.4 is 4.72 Å². The third-order valence-electron chi connectivity index (χ3n) is 3.32. The van der Waals surface area contributed by atoms with E-state index in [2.05, 4.69) is 14.9 Å². The molecule has 3 rings (SSSR count). The quantitative estimate of drug-likeness (QED) is 0.752. The first kappa shape index (κ1) is 16.6. The molecule has 8 heteroatoms. The number of halogens is 1. The number of rotatable bonds is 5. The Labute approximate surface area is 144 Å². The summed E-state index contributed by atoms with van der Waals surface area (Å²) < 4.78 is 32.4. The maximum atomic E-state index is 12.2. The van der Waals surface area contributed by atoms with E-state index in [9.17, 15) is 8.42 Å². The predicted octanol–water partition coefficient (Wildman–Crippen LogP) is 3.18. The fourth-order valence-electron chi connectivity index (χ4n) is 2.03. The Kier molecular flexibility index (Phi) is 4.66. The van der Waals surface area contributed by atoms with E-state index in [1.165, 1.54) is 0 Å². The molecule has 1 aromatic heterocycles. The molecule has 0 atom stereocenters. The summed E-state index contributed by atoms with van der Waals surface area (Å²) in [7, 11) is -3.64. The van der Waals surface area contributed by atoms with Gasteiger partial charge in [-0.2, -0.15) is 0 Å². The standard InChI is InChI=1S/C16H14ClN3O3S/c1-11-6-8-12(9-7-11)24(21,22)18-10-15-19-20-16(23-15)13-4-2-3-5-14(13)17/h2-9,18H,10H2,1H3. The topological polar surface area (TPSA) is 85.1 Å². The van der Waals surface area contributed by atoms with Crippen LogP contribution in [0.2, 0.25) is 5.02 Å². The third kappa shape index (κ3) is 3.64. The molecule has 0 aliphatic heterocycles. The Morgan fingerprint density at radius 1 is 1.08 bits per heavy atom. The molecule has 0 radical (unpaired) electrons. The molecule has 6 nitrogen and oxygen atoms in total. The van der Waals surface area contributed by atoms with Gasteiger partial charge in [-0.15, -0.1) is 10.2 Å². The van der Waals surface area contributed by atoms with E-state index < -0.39 is 10.0 Å².